The minimum Gasteiger partial charge on any atom is -0.244 e. The number of hydrogen-bond acceptors (Lipinski definition) is 2. The van der Waals surface area contributed by atoms with Crippen LogP contribution in [0.2, 0.25) is 5.02 Å². The van der Waals surface area contributed by atoms with Gasteiger partial charge in [0.1, 0.15) is 9.73 Å². The lowest BCUT2D eigenvalue weighted by molar-refractivity contribution is 0.241. The Balaban J connectivity index is 0.00000137. The molecule has 0 spiro atoms. The largest absolute Gasteiger partial charge is 0.323 e. The predicted octanol–water partition coefficient (Wildman–Crippen LogP) is 5.12. The molecule has 0 amide bonds. The number of benzene rings is 1. The average molecular weight is 298 g/mol. The van der Waals surface area contributed by atoms with Crippen LogP contribution in [-0.2, 0) is 9.73 Å². The Bertz CT molecular complexity index is 487. The SMILES string of the molecule is CC.CC(C)c1cc(Cl)cc(S(=N)(=O)C(F)F)c1. The molecule has 6 heteroatoms. The van der Waals surface area contributed by atoms with Crippen molar-refractivity contribution in [3.8, 4) is 0 Å². The van der Waals surface area contributed by atoms with Crippen LogP contribution < -0.4 is 0 Å². The lowest BCUT2D eigenvalue weighted by Crippen LogP contribution is -2.10. The Labute approximate surface area is 112 Å². The van der Waals surface area contributed by atoms with E-state index in [1.807, 2.05) is 27.7 Å². The first kappa shape index (κ1) is 17.3. The van der Waals surface area contributed by atoms with Gasteiger partial charge in [-0.1, -0.05) is 39.3 Å². The first-order valence-electron chi connectivity index (χ1n) is 5.61. The molecule has 0 aromatic heterocycles. The zero-order valence-electron chi connectivity index (χ0n) is 10.8. The quantitative estimate of drug-likeness (QED) is 0.826. The molecular weight excluding hydrogens is 280 g/mol. The lowest BCUT2D eigenvalue weighted by atomic mass is 10.0. The van der Waals surface area contributed by atoms with Crippen LogP contribution >= 0.6 is 11.6 Å². The van der Waals surface area contributed by atoms with Gasteiger partial charge in [0, 0.05) is 5.02 Å². The molecule has 1 N–H and O–H groups in total. The summed E-state index contributed by atoms with van der Waals surface area (Å²) in [6, 6.07) is 4.14. The average Bonchev–Trinajstić information content (AvgIpc) is 2.30. The van der Waals surface area contributed by atoms with E-state index in [0.29, 0.717) is 5.56 Å². The van der Waals surface area contributed by atoms with Crippen molar-refractivity contribution in [3.05, 3.63) is 28.8 Å². The molecule has 0 aliphatic rings. The normalized spacial score (nSPS) is 14.1. The molecule has 0 aliphatic carbocycles. The molecule has 1 atom stereocenters. The second-order valence-corrected chi connectivity index (χ2v) is 6.20. The van der Waals surface area contributed by atoms with Crippen molar-refractivity contribution in [2.24, 2.45) is 0 Å². The second-order valence-electron chi connectivity index (χ2n) is 3.74. The van der Waals surface area contributed by atoms with Crippen LogP contribution in [0, 0.1) is 4.78 Å². The van der Waals surface area contributed by atoms with Crippen LogP contribution in [0.15, 0.2) is 23.1 Å². The molecule has 0 aliphatic heterocycles. The van der Waals surface area contributed by atoms with Crippen LogP contribution in [0.5, 0.6) is 0 Å². The predicted molar refractivity (Wildman–Crippen MR) is 72.0 cm³/mol. The van der Waals surface area contributed by atoms with E-state index in [9.17, 15) is 13.0 Å². The second kappa shape index (κ2) is 7.04. The van der Waals surface area contributed by atoms with Crippen LogP contribution in [0.3, 0.4) is 0 Å². The molecule has 18 heavy (non-hydrogen) atoms. The third-order valence-electron chi connectivity index (χ3n) is 2.16. The summed E-state index contributed by atoms with van der Waals surface area (Å²) >= 11 is 5.75. The summed E-state index contributed by atoms with van der Waals surface area (Å²) in [5.41, 5.74) is 0.697. The molecule has 0 bridgehead atoms. The van der Waals surface area contributed by atoms with Crippen molar-refractivity contribution in [2.45, 2.75) is 44.3 Å². The highest BCUT2D eigenvalue weighted by Crippen LogP contribution is 2.27. The minimum atomic E-state index is -4.07. The molecule has 1 unspecified atom stereocenters. The van der Waals surface area contributed by atoms with Crippen LogP contribution in [0.4, 0.5) is 8.78 Å². The van der Waals surface area contributed by atoms with Crippen LogP contribution in [0.1, 0.15) is 39.2 Å². The highest BCUT2D eigenvalue weighted by Gasteiger charge is 2.23. The summed E-state index contributed by atoms with van der Waals surface area (Å²) in [6.45, 7) is 7.73. The zero-order valence-corrected chi connectivity index (χ0v) is 12.4. The smallest absolute Gasteiger partial charge is 0.244 e. The van der Waals surface area contributed by atoms with E-state index in [1.54, 1.807) is 6.07 Å². The zero-order chi connectivity index (χ0) is 14.5. The molecule has 0 saturated carbocycles. The Kier molecular flexibility index (Phi) is 6.78. The molecule has 0 fully saturated rings. The Hall–Kier alpha value is -0.680. The van der Waals surface area contributed by atoms with Crippen molar-refractivity contribution < 1.29 is 13.0 Å². The number of alkyl halides is 2. The molecule has 1 rings (SSSR count). The van der Waals surface area contributed by atoms with Crippen molar-refractivity contribution in [1.29, 1.82) is 4.78 Å². The van der Waals surface area contributed by atoms with E-state index in [2.05, 4.69) is 0 Å². The first-order chi connectivity index (χ1) is 8.25. The number of halogens is 3. The third-order valence-corrected chi connectivity index (χ3v) is 3.82. The van der Waals surface area contributed by atoms with E-state index < -0.39 is 15.5 Å². The molecule has 2 nitrogen and oxygen atoms in total. The number of nitrogens with one attached hydrogen (secondary N) is 1. The monoisotopic (exact) mass is 297 g/mol. The minimum absolute atomic E-state index is 0.0744. The van der Waals surface area contributed by atoms with Crippen molar-refractivity contribution in [2.75, 3.05) is 0 Å². The molecule has 0 heterocycles. The van der Waals surface area contributed by atoms with E-state index in [1.165, 1.54) is 6.07 Å². The third kappa shape index (κ3) is 4.21. The van der Waals surface area contributed by atoms with E-state index in [-0.39, 0.29) is 15.8 Å². The fourth-order valence-corrected chi connectivity index (χ4v) is 2.32. The Morgan fingerprint density at radius 2 is 1.72 bits per heavy atom. The van der Waals surface area contributed by atoms with Crippen molar-refractivity contribution in [3.63, 3.8) is 0 Å². The summed E-state index contributed by atoms with van der Waals surface area (Å²) in [7, 11) is -4.07. The maximum absolute atomic E-state index is 12.5. The molecule has 0 saturated heterocycles. The summed E-state index contributed by atoms with van der Waals surface area (Å²) < 4.78 is 43.6. The van der Waals surface area contributed by atoms with Gasteiger partial charge < -0.3 is 0 Å². The highest BCUT2D eigenvalue weighted by molar-refractivity contribution is 7.92. The maximum atomic E-state index is 12.5. The van der Waals surface area contributed by atoms with E-state index in [4.69, 9.17) is 16.4 Å². The fourth-order valence-electron chi connectivity index (χ4n) is 1.20. The summed E-state index contributed by atoms with van der Waals surface area (Å²) in [5, 5.41) is 0.224. The van der Waals surface area contributed by atoms with Gasteiger partial charge in [-0.3, -0.25) is 0 Å². The molecule has 1 aromatic carbocycles. The number of rotatable bonds is 3. The molecule has 0 radical (unpaired) electrons. The van der Waals surface area contributed by atoms with Crippen molar-refractivity contribution in [1.82, 2.24) is 0 Å². The van der Waals surface area contributed by atoms with E-state index in [0.717, 1.165) is 6.07 Å². The standard InChI is InChI=1S/C10H12ClF2NOS.C2H6/c1-6(2)7-3-8(11)5-9(4-7)16(14,15)10(12)13;1-2/h3-6,10,14H,1-2H3;1-2H3. The van der Waals surface area contributed by atoms with Gasteiger partial charge in [0.25, 0.3) is 0 Å². The Morgan fingerprint density at radius 1 is 1.22 bits per heavy atom. The fraction of sp³-hybridized carbons (Fsp3) is 0.500. The topological polar surface area (TPSA) is 40.9 Å². The van der Waals surface area contributed by atoms with Crippen molar-refractivity contribution >= 4 is 21.3 Å². The van der Waals surface area contributed by atoms with Gasteiger partial charge in [-0.15, -0.1) is 0 Å². The van der Waals surface area contributed by atoms with Gasteiger partial charge in [-0.2, -0.15) is 8.78 Å². The van der Waals surface area contributed by atoms with Gasteiger partial charge in [-0.25, -0.2) is 8.99 Å². The van der Waals surface area contributed by atoms with Gasteiger partial charge in [-0.05, 0) is 29.7 Å². The lowest BCUT2D eigenvalue weighted by Gasteiger charge is -2.11. The summed E-state index contributed by atoms with van der Waals surface area (Å²) in [5.74, 6) is -3.13. The van der Waals surface area contributed by atoms with Gasteiger partial charge >= 0.3 is 5.76 Å². The summed E-state index contributed by atoms with van der Waals surface area (Å²) in [6.07, 6.45) is 0. The van der Waals surface area contributed by atoms with Gasteiger partial charge in [0.05, 0.1) is 4.90 Å². The molecule has 104 valence electrons. The Morgan fingerprint density at radius 3 is 2.11 bits per heavy atom. The highest BCUT2D eigenvalue weighted by atomic mass is 35.5. The van der Waals surface area contributed by atoms with Gasteiger partial charge in [0.2, 0.25) is 0 Å². The summed E-state index contributed by atoms with van der Waals surface area (Å²) in [4.78, 5) is -0.210. The molecular formula is C12H18ClF2NOS. The molecule has 1 aromatic rings. The number of hydrogen-bond donors (Lipinski definition) is 1. The van der Waals surface area contributed by atoms with Crippen LogP contribution in [0.25, 0.3) is 0 Å². The van der Waals surface area contributed by atoms with Gasteiger partial charge in [0.15, 0.2) is 0 Å². The maximum Gasteiger partial charge on any atom is 0.323 e. The van der Waals surface area contributed by atoms with Crippen LogP contribution in [-0.4, -0.2) is 9.97 Å². The first-order valence-corrected chi connectivity index (χ1v) is 7.61. The van der Waals surface area contributed by atoms with E-state index >= 15 is 0 Å².